The number of fused-ring (bicyclic) bond motifs is 1. The quantitative estimate of drug-likeness (QED) is 0.717. The van der Waals surface area contributed by atoms with Crippen LogP contribution in [0.2, 0.25) is 0 Å². The normalized spacial score (nSPS) is 11.1. The van der Waals surface area contributed by atoms with Crippen molar-refractivity contribution in [2.45, 2.75) is 10.2 Å². The Balaban J connectivity index is 2.07. The Labute approximate surface area is 118 Å². The van der Waals surface area contributed by atoms with Crippen molar-refractivity contribution in [2.24, 2.45) is 14.1 Å². The van der Waals surface area contributed by atoms with E-state index in [1.165, 1.54) is 29.4 Å². The second-order valence-corrected chi connectivity index (χ2v) is 5.39. The molecule has 2 aromatic heterocycles. The standard InChI is InChI=1S/C13H12N4O2S/c1-16-10(18)7-11(17(2)13(16)19)20-12-14-8-5-3-4-6-9(8)15-12/h3-7H,1-2H3,(H,14,15). The van der Waals surface area contributed by atoms with Crippen LogP contribution in [-0.4, -0.2) is 19.1 Å². The fraction of sp³-hybridized carbons (Fsp3) is 0.154. The highest BCUT2D eigenvalue weighted by Crippen LogP contribution is 2.25. The number of rotatable bonds is 2. The van der Waals surface area contributed by atoms with Gasteiger partial charge in [0, 0.05) is 20.2 Å². The average molecular weight is 288 g/mol. The first-order valence-corrected chi connectivity index (χ1v) is 6.77. The summed E-state index contributed by atoms with van der Waals surface area (Å²) in [4.78, 5) is 31.1. The van der Waals surface area contributed by atoms with E-state index in [4.69, 9.17) is 0 Å². The van der Waals surface area contributed by atoms with E-state index in [1.807, 2.05) is 24.3 Å². The molecule has 3 rings (SSSR count). The number of aromatic amines is 1. The first-order valence-electron chi connectivity index (χ1n) is 5.96. The number of hydrogen-bond acceptors (Lipinski definition) is 4. The third-order valence-corrected chi connectivity index (χ3v) is 4.04. The molecule has 0 saturated carbocycles. The molecule has 0 saturated heterocycles. The largest absolute Gasteiger partial charge is 0.333 e. The highest BCUT2D eigenvalue weighted by atomic mass is 32.2. The van der Waals surface area contributed by atoms with E-state index in [2.05, 4.69) is 9.97 Å². The van der Waals surface area contributed by atoms with Crippen molar-refractivity contribution in [3.05, 3.63) is 51.2 Å². The van der Waals surface area contributed by atoms with Gasteiger partial charge in [0.2, 0.25) is 0 Å². The van der Waals surface area contributed by atoms with Gasteiger partial charge in [-0.05, 0) is 23.9 Å². The molecule has 0 aliphatic heterocycles. The lowest BCUT2D eigenvalue weighted by atomic mass is 10.3. The maximum absolute atomic E-state index is 11.9. The Kier molecular flexibility index (Phi) is 2.98. The maximum atomic E-state index is 11.9. The highest BCUT2D eigenvalue weighted by Gasteiger charge is 2.10. The molecule has 0 spiro atoms. The topological polar surface area (TPSA) is 72.7 Å². The lowest BCUT2D eigenvalue weighted by Crippen LogP contribution is -2.36. The summed E-state index contributed by atoms with van der Waals surface area (Å²) in [6.45, 7) is 0. The van der Waals surface area contributed by atoms with Gasteiger partial charge in [-0.2, -0.15) is 0 Å². The summed E-state index contributed by atoms with van der Waals surface area (Å²) < 4.78 is 2.50. The molecule has 6 nitrogen and oxygen atoms in total. The van der Waals surface area contributed by atoms with Crippen molar-refractivity contribution in [3.8, 4) is 0 Å². The van der Waals surface area contributed by atoms with Gasteiger partial charge in [-0.3, -0.25) is 13.9 Å². The summed E-state index contributed by atoms with van der Waals surface area (Å²) in [7, 11) is 3.09. The molecule has 0 radical (unpaired) electrons. The van der Waals surface area contributed by atoms with Gasteiger partial charge in [-0.25, -0.2) is 9.78 Å². The van der Waals surface area contributed by atoms with E-state index in [9.17, 15) is 9.59 Å². The van der Waals surface area contributed by atoms with Gasteiger partial charge in [0.15, 0.2) is 5.16 Å². The van der Waals surface area contributed by atoms with Crippen LogP contribution in [0.4, 0.5) is 0 Å². The Morgan fingerprint density at radius 3 is 2.65 bits per heavy atom. The Morgan fingerprint density at radius 1 is 1.15 bits per heavy atom. The molecule has 0 fully saturated rings. The third kappa shape index (κ3) is 2.05. The van der Waals surface area contributed by atoms with Crippen molar-refractivity contribution in [2.75, 3.05) is 0 Å². The zero-order chi connectivity index (χ0) is 14.3. The summed E-state index contributed by atoms with van der Waals surface area (Å²) in [5, 5.41) is 1.20. The van der Waals surface area contributed by atoms with Crippen molar-refractivity contribution >= 4 is 22.8 Å². The van der Waals surface area contributed by atoms with E-state index in [-0.39, 0.29) is 11.2 Å². The minimum absolute atomic E-state index is 0.327. The first-order chi connectivity index (χ1) is 9.56. The molecular formula is C13H12N4O2S. The van der Waals surface area contributed by atoms with Crippen LogP contribution in [0.5, 0.6) is 0 Å². The second kappa shape index (κ2) is 4.68. The maximum Gasteiger partial charge on any atom is 0.331 e. The molecular weight excluding hydrogens is 276 g/mol. The fourth-order valence-corrected chi connectivity index (χ4v) is 2.77. The monoisotopic (exact) mass is 288 g/mol. The number of nitrogens with zero attached hydrogens (tertiary/aromatic N) is 3. The van der Waals surface area contributed by atoms with Crippen LogP contribution < -0.4 is 11.2 Å². The molecule has 0 aliphatic carbocycles. The summed E-state index contributed by atoms with van der Waals surface area (Å²) in [6, 6.07) is 9.09. The number of imidazole rings is 1. The number of aromatic nitrogens is 4. The van der Waals surface area contributed by atoms with Crippen LogP contribution >= 0.6 is 11.8 Å². The summed E-state index contributed by atoms with van der Waals surface area (Å²) in [5.74, 6) is 0. The van der Waals surface area contributed by atoms with Crippen molar-refractivity contribution in [3.63, 3.8) is 0 Å². The van der Waals surface area contributed by atoms with Gasteiger partial charge in [-0.15, -0.1) is 0 Å². The fourth-order valence-electron chi connectivity index (χ4n) is 1.89. The molecule has 20 heavy (non-hydrogen) atoms. The van der Waals surface area contributed by atoms with Crippen LogP contribution in [0.1, 0.15) is 0 Å². The molecule has 0 unspecified atom stereocenters. The minimum Gasteiger partial charge on any atom is -0.333 e. The summed E-state index contributed by atoms with van der Waals surface area (Å²) >= 11 is 1.26. The van der Waals surface area contributed by atoms with Gasteiger partial charge < -0.3 is 4.98 Å². The first kappa shape index (κ1) is 12.7. The van der Waals surface area contributed by atoms with Crippen LogP contribution in [0.25, 0.3) is 11.0 Å². The molecule has 0 atom stereocenters. The van der Waals surface area contributed by atoms with Crippen LogP contribution in [-0.2, 0) is 14.1 Å². The Hall–Kier alpha value is -2.28. The van der Waals surface area contributed by atoms with Crippen LogP contribution in [0.15, 0.2) is 50.1 Å². The minimum atomic E-state index is -0.351. The van der Waals surface area contributed by atoms with Gasteiger partial charge in [-0.1, -0.05) is 12.1 Å². The smallest absolute Gasteiger partial charge is 0.331 e. The predicted molar refractivity (Wildman–Crippen MR) is 77.1 cm³/mol. The number of hydrogen-bond donors (Lipinski definition) is 1. The second-order valence-electron chi connectivity index (χ2n) is 4.38. The van der Waals surface area contributed by atoms with E-state index in [1.54, 1.807) is 7.05 Å². The molecule has 102 valence electrons. The Morgan fingerprint density at radius 2 is 1.90 bits per heavy atom. The molecule has 2 heterocycles. The predicted octanol–water partition coefficient (Wildman–Crippen LogP) is 1.11. The third-order valence-electron chi connectivity index (χ3n) is 3.05. The average Bonchev–Trinajstić information content (AvgIpc) is 2.84. The van der Waals surface area contributed by atoms with Crippen molar-refractivity contribution < 1.29 is 0 Å². The number of para-hydroxylation sites is 2. The zero-order valence-corrected chi connectivity index (χ0v) is 11.8. The van der Waals surface area contributed by atoms with Crippen LogP contribution in [0, 0.1) is 0 Å². The Bertz CT molecular complexity index is 874. The van der Waals surface area contributed by atoms with E-state index < -0.39 is 0 Å². The lowest BCUT2D eigenvalue weighted by Gasteiger charge is -2.06. The molecule has 7 heteroatoms. The van der Waals surface area contributed by atoms with Gasteiger partial charge in [0.25, 0.3) is 5.56 Å². The molecule has 3 aromatic rings. The van der Waals surface area contributed by atoms with E-state index in [0.717, 1.165) is 15.6 Å². The van der Waals surface area contributed by atoms with E-state index in [0.29, 0.717) is 10.2 Å². The molecule has 1 N–H and O–H groups in total. The van der Waals surface area contributed by atoms with Gasteiger partial charge >= 0.3 is 5.69 Å². The summed E-state index contributed by atoms with van der Waals surface area (Å²) in [5.41, 5.74) is 1.09. The highest BCUT2D eigenvalue weighted by molar-refractivity contribution is 7.99. The van der Waals surface area contributed by atoms with E-state index >= 15 is 0 Å². The van der Waals surface area contributed by atoms with Gasteiger partial charge in [0.1, 0.15) is 0 Å². The number of nitrogens with one attached hydrogen (secondary N) is 1. The molecule has 0 bridgehead atoms. The molecule has 1 aromatic carbocycles. The molecule has 0 aliphatic rings. The van der Waals surface area contributed by atoms with Gasteiger partial charge in [0.05, 0.1) is 16.1 Å². The van der Waals surface area contributed by atoms with Crippen molar-refractivity contribution in [1.29, 1.82) is 0 Å². The number of H-pyrrole nitrogens is 1. The lowest BCUT2D eigenvalue weighted by molar-refractivity contribution is 0.635. The SMILES string of the molecule is Cn1c(Sc2nc3ccccc3[nH]2)cc(=O)n(C)c1=O. The van der Waals surface area contributed by atoms with Crippen molar-refractivity contribution in [1.82, 2.24) is 19.1 Å². The summed E-state index contributed by atoms with van der Waals surface area (Å²) in [6.07, 6.45) is 0. The molecule has 0 amide bonds. The zero-order valence-electron chi connectivity index (χ0n) is 11.0. The van der Waals surface area contributed by atoms with Crippen LogP contribution in [0.3, 0.4) is 0 Å². The number of benzene rings is 1.